The van der Waals surface area contributed by atoms with Gasteiger partial charge in [0.25, 0.3) is 0 Å². The van der Waals surface area contributed by atoms with Crippen LogP contribution < -0.4 is 9.64 Å². The smallest absolute Gasteiger partial charge is 0.227 e. The SMILES string of the molecule is COc1ccc(Cn2ccnc2CN(C(=O)CC(C)C)c2ccccc2)cc1. The van der Waals surface area contributed by atoms with Gasteiger partial charge in [0, 0.05) is 31.0 Å². The molecule has 0 aliphatic rings. The van der Waals surface area contributed by atoms with E-state index in [0.29, 0.717) is 25.4 Å². The van der Waals surface area contributed by atoms with E-state index in [0.717, 1.165) is 22.8 Å². The van der Waals surface area contributed by atoms with Gasteiger partial charge in [0.2, 0.25) is 5.91 Å². The number of ether oxygens (including phenoxy) is 1. The van der Waals surface area contributed by atoms with Crippen LogP contribution in [0.5, 0.6) is 5.75 Å². The minimum absolute atomic E-state index is 0.111. The molecule has 5 nitrogen and oxygen atoms in total. The summed E-state index contributed by atoms with van der Waals surface area (Å²) in [5, 5.41) is 0. The number of carbonyl (C=O) groups is 1. The summed E-state index contributed by atoms with van der Waals surface area (Å²) >= 11 is 0. The largest absolute Gasteiger partial charge is 0.497 e. The number of benzene rings is 2. The standard InChI is InChI=1S/C23H27N3O2/c1-18(2)15-23(27)26(20-7-5-4-6-8-20)17-22-24-13-14-25(22)16-19-9-11-21(28-3)12-10-19/h4-14,18H,15-17H2,1-3H3. The molecule has 3 aromatic rings. The molecular formula is C23H27N3O2. The molecule has 0 spiro atoms. The van der Waals surface area contributed by atoms with Crippen molar-refractivity contribution in [2.24, 2.45) is 5.92 Å². The van der Waals surface area contributed by atoms with Gasteiger partial charge in [-0.25, -0.2) is 4.98 Å². The van der Waals surface area contributed by atoms with Gasteiger partial charge in [0.1, 0.15) is 11.6 Å². The molecule has 0 saturated carbocycles. The zero-order valence-electron chi connectivity index (χ0n) is 16.7. The molecule has 0 N–H and O–H groups in total. The summed E-state index contributed by atoms with van der Waals surface area (Å²) in [4.78, 5) is 19.2. The highest BCUT2D eigenvalue weighted by Crippen LogP contribution is 2.20. The summed E-state index contributed by atoms with van der Waals surface area (Å²) < 4.78 is 7.31. The third-order valence-electron chi connectivity index (χ3n) is 4.57. The molecule has 5 heteroatoms. The van der Waals surface area contributed by atoms with Gasteiger partial charge in [0.05, 0.1) is 13.7 Å². The Labute approximate surface area is 166 Å². The number of carbonyl (C=O) groups excluding carboxylic acids is 1. The minimum atomic E-state index is 0.111. The van der Waals surface area contributed by atoms with E-state index in [1.165, 1.54) is 0 Å². The van der Waals surface area contributed by atoms with Gasteiger partial charge in [-0.05, 0) is 35.7 Å². The Hall–Kier alpha value is -3.08. The Morgan fingerprint density at radius 1 is 1.11 bits per heavy atom. The van der Waals surface area contributed by atoms with Gasteiger partial charge in [-0.2, -0.15) is 0 Å². The number of para-hydroxylation sites is 1. The number of rotatable bonds is 8. The summed E-state index contributed by atoms with van der Waals surface area (Å²) in [6.45, 7) is 5.26. The maximum atomic E-state index is 12.9. The third kappa shape index (κ3) is 5.00. The maximum Gasteiger partial charge on any atom is 0.227 e. The van der Waals surface area contributed by atoms with E-state index >= 15 is 0 Å². The lowest BCUT2D eigenvalue weighted by molar-refractivity contribution is -0.119. The van der Waals surface area contributed by atoms with Crippen molar-refractivity contribution in [2.75, 3.05) is 12.0 Å². The second-order valence-corrected chi connectivity index (χ2v) is 7.23. The number of imidazole rings is 1. The highest BCUT2D eigenvalue weighted by Gasteiger charge is 2.19. The Morgan fingerprint density at radius 2 is 1.82 bits per heavy atom. The minimum Gasteiger partial charge on any atom is -0.497 e. The number of aromatic nitrogens is 2. The van der Waals surface area contributed by atoms with Crippen molar-refractivity contribution in [1.29, 1.82) is 0 Å². The molecular weight excluding hydrogens is 350 g/mol. The second-order valence-electron chi connectivity index (χ2n) is 7.23. The van der Waals surface area contributed by atoms with Crippen molar-refractivity contribution >= 4 is 11.6 Å². The molecule has 1 heterocycles. The Balaban J connectivity index is 1.81. The molecule has 0 atom stereocenters. The molecule has 1 aromatic heterocycles. The van der Waals surface area contributed by atoms with Crippen molar-refractivity contribution < 1.29 is 9.53 Å². The van der Waals surface area contributed by atoms with Gasteiger partial charge in [-0.1, -0.05) is 44.2 Å². The Kier molecular flexibility index (Phi) is 6.48. The van der Waals surface area contributed by atoms with E-state index in [-0.39, 0.29) is 5.91 Å². The topological polar surface area (TPSA) is 47.4 Å². The van der Waals surface area contributed by atoms with Crippen LogP contribution in [-0.4, -0.2) is 22.6 Å². The molecule has 146 valence electrons. The molecule has 28 heavy (non-hydrogen) atoms. The van der Waals surface area contributed by atoms with Crippen LogP contribution in [0.1, 0.15) is 31.7 Å². The molecule has 0 radical (unpaired) electrons. The first kappa shape index (κ1) is 19.7. The number of methoxy groups -OCH3 is 1. The molecule has 0 unspecified atom stereocenters. The summed E-state index contributed by atoms with van der Waals surface area (Å²) in [5.41, 5.74) is 2.05. The van der Waals surface area contributed by atoms with Crippen LogP contribution in [0.3, 0.4) is 0 Å². The predicted molar refractivity (Wildman–Crippen MR) is 111 cm³/mol. The van der Waals surface area contributed by atoms with Crippen LogP contribution in [0, 0.1) is 5.92 Å². The molecule has 0 aliphatic heterocycles. The fourth-order valence-corrected chi connectivity index (χ4v) is 3.10. The van der Waals surface area contributed by atoms with Crippen LogP contribution in [0.4, 0.5) is 5.69 Å². The molecule has 3 rings (SSSR count). The summed E-state index contributed by atoms with van der Waals surface area (Å²) in [7, 11) is 1.66. The van der Waals surface area contributed by atoms with E-state index < -0.39 is 0 Å². The number of nitrogens with zero attached hydrogens (tertiary/aromatic N) is 3. The highest BCUT2D eigenvalue weighted by atomic mass is 16.5. The van der Waals surface area contributed by atoms with Crippen LogP contribution in [0.2, 0.25) is 0 Å². The zero-order valence-corrected chi connectivity index (χ0v) is 16.7. The predicted octanol–water partition coefficient (Wildman–Crippen LogP) is 4.52. The van der Waals surface area contributed by atoms with Gasteiger partial charge >= 0.3 is 0 Å². The number of hydrogen-bond acceptors (Lipinski definition) is 3. The third-order valence-corrected chi connectivity index (χ3v) is 4.57. The summed E-state index contributed by atoms with van der Waals surface area (Å²) in [5.74, 6) is 2.11. The monoisotopic (exact) mass is 377 g/mol. The average molecular weight is 377 g/mol. The normalized spacial score (nSPS) is 10.9. The van der Waals surface area contributed by atoms with Crippen molar-refractivity contribution in [3.63, 3.8) is 0 Å². The zero-order chi connectivity index (χ0) is 19.9. The van der Waals surface area contributed by atoms with E-state index in [4.69, 9.17) is 4.74 Å². The van der Waals surface area contributed by atoms with Crippen LogP contribution >= 0.6 is 0 Å². The first-order chi connectivity index (χ1) is 13.6. The number of amides is 1. The molecule has 0 saturated heterocycles. The lowest BCUT2D eigenvalue weighted by Gasteiger charge is -2.24. The molecule has 1 amide bonds. The summed E-state index contributed by atoms with van der Waals surface area (Å²) in [6, 6.07) is 17.8. The van der Waals surface area contributed by atoms with E-state index in [2.05, 4.69) is 23.4 Å². The summed E-state index contributed by atoms with van der Waals surface area (Å²) in [6.07, 6.45) is 4.25. The Bertz CT molecular complexity index is 886. The first-order valence-corrected chi connectivity index (χ1v) is 9.55. The molecule has 0 fully saturated rings. The first-order valence-electron chi connectivity index (χ1n) is 9.55. The molecule has 0 bridgehead atoms. The fourth-order valence-electron chi connectivity index (χ4n) is 3.10. The van der Waals surface area contributed by atoms with Crippen molar-refractivity contribution in [2.45, 2.75) is 33.4 Å². The van der Waals surface area contributed by atoms with Crippen LogP contribution in [0.15, 0.2) is 67.0 Å². The number of hydrogen-bond donors (Lipinski definition) is 0. The average Bonchev–Trinajstić information content (AvgIpc) is 3.13. The lowest BCUT2D eigenvalue weighted by atomic mass is 10.1. The van der Waals surface area contributed by atoms with E-state index in [1.807, 2.05) is 65.7 Å². The highest BCUT2D eigenvalue weighted by molar-refractivity contribution is 5.93. The quantitative estimate of drug-likeness (QED) is 0.580. The fraction of sp³-hybridized carbons (Fsp3) is 0.304. The number of anilines is 1. The van der Waals surface area contributed by atoms with Gasteiger partial charge in [-0.3, -0.25) is 4.79 Å². The molecule has 2 aromatic carbocycles. The van der Waals surface area contributed by atoms with Crippen molar-refractivity contribution in [3.05, 3.63) is 78.4 Å². The van der Waals surface area contributed by atoms with Gasteiger partial charge in [-0.15, -0.1) is 0 Å². The molecule has 0 aliphatic carbocycles. The van der Waals surface area contributed by atoms with Crippen molar-refractivity contribution in [3.8, 4) is 5.75 Å². The van der Waals surface area contributed by atoms with Crippen molar-refractivity contribution in [1.82, 2.24) is 9.55 Å². The van der Waals surface area contributed by atoms with Crippen LogP contribution in [0.25, 0.3) is 0 Å². The Morgan fingerprint density at radius 3 is 2.46 bits per heavy atom. The van der Waals surface area contributed by atoms with Crippen LogP contribution in [-0.2, 0) is 17.9 Å². The lowest BCUT2D eigenvalue weighted by Crippen LogP contribution is -2.32. The van der Waals surface area contributed by atoms with E-state index in [1.54, 1.807) is 13.3 Å². The second kappa shape index (κ2) is 9.22. The van der Waals surface area contributed by atoms with E-state index in [9.17, 15) is 4.79 Å². The van der Waals surface area contributed by atoms with Gasteiger partial charge in [0.15, 0.2) is 0 Å². The maximum absolute atomic E-state index is 12.9. The van der Waals surface area contributed by atoms with Gasteiger partial charge < -0.3 is 14.2 Å².